The Labute approximate surface area is 160 Å². The number of amides is 1. The highest BCUT2D eigenvalue weighted by Gasteiger charge is 2.60. The van der Waals surface area contributed by atoms with Gasteiger partial charge in [-0.25, -0.2) is 0 Å². The molecule has 1 atom stereocenters. The van der Waals surface area contributed by atoms with Crippen LogP contribution in [0.15, 0.2) is 84.9 Å². The molecule has 3 aromatic rings. The Morgan fingerprint density at radius 3 is 1.82 bits per heavy atom. The number of nitrogens with one attached hydrogen (secondary N) is 1. The van der Waals surface area contributed by atoms with Crippen molar-refractivity contribution in [3.8, 4) is 11.1 Å². The highest BCUT2D eigenvalue weighted by molar-refractivity contribution is 5.87. The summed E-state index contributed by atoms with van der Waals surface area (Å²) < 4.78 is 41.0. The van der Waals surface area contributed by atoms with Gasteiger partial charge in [0.05, 0.1) is 0 Å². The molecule has 2 N–H and O–H groups in total. The zero-order valence-corrected chi connectivity index (χ0v) is 14.8. The van der Waals surface area contributed by atoms with Crippen molar-refractivity contribution in [2.45, 2.75) is 18.3 Å². The Kier molecular flexibility index (Phi) is 5.51. The zero-order chi connectivity index (χ0) is 20.2. The van der Waals surface area contributed by atoms with E-state index in [1.165, 1.54) is 12.1 Å². The molecule has 0 aliphatic heterocycles. The number of hydrogen-bond acceptors (Lipinski definition) is 2. The first-order chi connectivity index (χ1) is 13.3. The molecule has 0 saturated heterocycles. The molecule has 0 aliphatic carbocycles. The lowest BCUT2D eigenvalue weighted by molar-refractivity contribution is -0.257. The minimum atomic E-state index is -5.18. The van der Waals surface area contributed by atoms with Gasteiger partial charge in [-0.2, -0.15) is 13.2 Å². The van der Waals surface area contributed by atoms with E-state index in [0.717, 1.165) is 17.7 Å². The smallest absolute Gasteiger partial charge is 0.369 e. The van der Waals surface area contributed by atoms with Crippen LogP contribution in [0.5, 0.6) is 0 Å². The number of aliphatic hydroxyl groups is 1. The van der Waals surface area contributed by atoms with E-state index in [1.54, 1.807) is 30.3 Å². The van der Waals surface area contributed by atoms with E-state index in [-0.39, 0.29) is 6.54 Å². The van der Waals surface area contributed by atoms with Crippen molar-refractivity contribution < 1.29 is 23.1 Å². The molecule has 0 aromatic heterocycles. The highest BCUT2D eigenvalue weighted by atomic mass is 19.4. The molecule has 0 fully saturated rings. The van der Waals surface area contributed by atoms with Crippen molar-refractivity contribution in [1.29, 1.82) is 0 Å². The van der Waals surface area contributed by atoms with Gasteiger partial charge in [-0.15, -0.1) is 0 Å². The summed E-state index contributed by atoms with van der Waals surface area (Å²) in [6.45, 7) is -0.125. The summed E-state index contributed by atoms with van der Waals surface area (Å²) >= 11 is 0. The van der Waals surface area contributed by atoms with Crippen LogP contribution in [-0.4, -0.2) is 17.2 Å². The van der Waals surface area contributed by atoms with Crippen LogP contribution < -0.4 is 5.32 Å². The predicted octanol–water partition coefficient (Wildman–Crippen LogP) is 4.42. The van der Waals surface area contributed by atoms with E-state index in [4.69, 9.17) is 0 Å². The summed E-state index contributed by atoms with van der Waals surface area (Å²) in [7, 11) is 0. The third-order valence-electron chi connectivity index (χ3n) is 4.44. The highest BCUT2D eigenvalue weighted by Crippen LogP contribution is 2.40. The van der Waals surface area contributed by atoms with E-state index in [2.05, 4.69) is 5.32 Å². The first-order valence-electron chi connectivity index (χ1n) is 8.59. The van der Waals surface area contributed by atoms with Crippen molar-refractivity contribution in [3.63, 3.8) is 0 Å². The number of carbonyl (C=O) groups excluding carboxylic acids is 1. The number of rotatable bonds is 5. The first-order valence-corrected chi connectivity index (χ1v) is 8.59. The molecule has 28 heavy (non-hydrogen) atoms. The third kappa shape index (κ3) is 3.92. The van der Waals surface area contributed by atoms with E-state index < -0.39 is 23.2 Å². The van der Waals surface area contributed by atoms with Crippen LogP contribution in [0, 0.1) is 0 Å². The van der Waals surface area contributed by atoms with Crippen LogP contribution in [-0.2, 0) is 16.9 Å². The van der Waals surface area contributed by atoms with Gasteiger partial charge in [0.15, 0.2) is 0 Å². The molecule has 3 rings (SSSR count). The van der Waals surface area contributed by atoms with Crippen LogP contribution >= 0.6 is 0 Å². The molecule has 0 bridgehead atoms. The summed E-state index contributed by atoms with van der Waals surface area (Å²) in [6.07, 6.45) is -5.18. The summed E-state index contributed by atoms with van der Waals surface area (Å²) in [6, 6.07) is 22.7. The first kappa shape index (κ1) is 19.6. The Bertz CT molecular complexity index is 926. The van der Waals surface area contributed by atoms with Gasteiger partial charge in [0.25, 0.3) is 11.5 Å². The monoisotopic (exact) mass is 385 g/mol. The molecule has 0 heterocycles. The maximum atomic E-state index is 13.7. The van der Waals surface area contributed by atoms with Crippen LogP contribution in [0.4, 0.5) is 13.2 Å². The van der Waals surface area contributed by atoms with Crippen molar-refractivity contribution in [2.75, 3.05) is 0 Å². The maximum Gasteiger partial charge on any atom is 0.430 e. The van der Waals surface area contributed by atoms with Crippen molar-refractivity contribution in [1.82, 2.24) is 5.32 Å². The molecule has 0 radical (unpaired) electrons. The standard InChI is InChI=1S/C22H18F3NO2/c23-22(24,25)21(28,20(27)26-15-16-7-3-1-4-8-16)19-13-11-18(12-14-19)17-9-5-2-6-10-17/h1-14,28H,15H2,(H,26,27)/t21-/m0/s1. The van der Waals surface area contributed by atoms with Crippen molar-refractivity contribution >= 4 is 5.91 Å². The molecule has 3 nitrogen and oxygen atoms in total. The van der Waals surface area contributed by atoms with Gasteiger partial charge in [-0.3, -0.25) is 4.79 Å². The topological polar surface area (TPSA) is 49.3 Å². The molecular weight excluding hydrogens is 367 g/mol. The fourth-order valence-electron chi connectivity index (χ4n) is 2.86. The van der Waals surface area contributed by atoms with E-state index >= 15 is 0 Å². The fourth-order valence-corrected chi connectivity index (χ4v) is 2.86. The Balaban J connectivity index is 1.87. The van der Waals surface area contributed by atoms with Gasteiger partial charge in [-0.05, 0) is 16.7 Å². The molecular formula is C22H18F3NO2. The molecule has 0 spiro atoms. The molecule has 0 unspecified atom stereocenters. The van der Waals surface area contributed by atoms with E-state index in [9.17, 15) is 23.1 Å². The van der Waals surface area contributed by atoms with Crippen LogP contribution in [0.1, 0.15) is 11.1 Å². The average molecular weight is 385 g/mol. The molecule has 0 saturated carbocycles. The Morgan fingerprint density at radius 2 is 1.29 bits per heavy atom. The largest absolute Gasteiger partial charge is 0.430 e. The predicted molar refractivity (Wildman–Crippen MR) is 100 cm³/mol. The van der Waals surface area contributed by atoms with Gasteiger partial charge in [0.2, 0.25) is 0 Å². The Morgan fingerprint density at radius 1 is 0.786 bits per heavy atom. The van der Waals surface area contributed by atoms with Crippen molar-refractivity contribution in [2.24, 2.45) is 0 Å². The molecule has 6 heteroatoms. The lowest BCUT2D eigenvalue weighted by atomic mass is 9.90. The number of hydrogen-bond donors (Lipinski definition) is 2. The fraction of sp³-hybridized carbons (Fsp3) is 0.136. The van der Waals surface area contributed by atoms with Gasteiger partial charge in [-0.1, -0.05) is 84.9 Å². The molecule has 144 valence electrons. The quantitative estimate of drug-likeness (QED) is 0.683. The Hall–Kier alpha value is -3.12. The van der Waals surface area contributed by atoms with Crippen LogP contribution in [0.2, 0.25) is 0 Å². The summed E-state index contributed by atoms with van der Waals surface area (Å²) in [5.41, 5.74) is -2.06. The minimum absolute atomic E-state index is 0.125. The summed E-state index contributed by atoms with van der Waals surface area (Å²) in [5.74, 6) is -1.52. The van der Waals surface area contributed by atoms with E-state index in [1.807, 2.05) is 30.3 Å². The minimum Gasteiger partial charge on any atom is -0.369 e. The lowest BCUT2D eigenvalue weighted by Crippen LogP contribution is -2.54. The number of benzene rings is 3. The van der Waals surface area contributed by atoms with Crippen LogP contribution in [0.3, 0.4) is 0 Å². The molecule has 3 aromatic carbocycles. The number of halogens is 3. The summed E-state index contributed by atoms with van der Waals surface area (Å²) in [5, 5.41) is 12.6. The normalized spacial score (nSPS) is 13.6. The van der Waals surface area contributed by atoms with Gasteiger partial charge >= 0.3 is 6.18 Å². The number of alkyl halides is 3. The summed E-state index contributed by atoms with van der Waals surface area (Å²) in [4.78, 5) is 12.4. The van der Waals surface area contributed by atoms with E-state index in [0.29, 0.717) is 11.1 Å². The lowest BCUT2D eigenvalue weighted by Gasteiger charge is -2.29. The van der Waals surface area contributed by atoms with Gasteiger partial charge in [0, 0.05) is 12.1 Å². The second kappa shape index (κ2) is 7.86. The van der Waals surface area contributed by atoms with Crippen molar-refractivity contribution in [3.05, 3.63) is 96.1 Å². The molecule has 1 amide bonds. The SMILES string of the molecule is O=C(NCc1ccccc1)[C@@](O)(c1ccc(-c2ccccc2)cc1)C(F)(F)F. The zero-order valence-electron chi connectivity index (χ0n) is 14.8. The molecule has 0 aliphatic rings. The maximum absolute atomic E-state index is 13.7. The third-order valence-corrected chi connectivity index (χ3v) is 4.44. The average Bonchev–Trinajstić information content (AvgIpc) is 2.72. The number of carbonyl (C=O) groups is 1. The second-order valence-corrected chi connectivity index (χ2v) is 6.32. The second-order valence-electron chi connectivity index (χ2n) is 6.32. The van der Waals surface area contributed by atoms with Gasteiger partial charge < -0.3 is 10.4 Å². The van der Waals surface area contributed by atoms with Gasteiger partial charge in [0.1, 0.15) is 0 Å². The van der Waals surface area contributed by atoms with Crippen LogP contribution in [0.25, 0.3) is 11.1 Å².